The van der Waals surface area contributed by atoms with Crippen LogP contribution >= 0.6 is 0 Å². The first kappa shape index (κ1) is 17.8. The Morgan fingerprint density at radius 3 is 2.74 bits per heavy atom. The van der Waals surface area contributed by atoms with Crippen molar-refractivity contribution in [3.8, 4) is 17.0 Å². The second kappa shape index (κ2) is 7.97. The molecule has 0 radical (unpaired) electrons. The molecule has 27 heavy (non-hydrogen) atoms. The molecule has 4 heteroatoms. The van der Waals surface area contributed by atoms with Gasteiger partial charge in [-0.3, -0.25) is 10.00 Å². The first-order chi connectivity index (χ1) is 13.2. The number of benzene rings is 2. The van der Waals surface area contributed by atoms with Gasteiger partial charge in [-0.15, -0.1) is 0 Å². The molecule has 0 amide bonds. The highest BCUT2D eigenvalue weighted by Crippen LogP contribution is 2.34. The van der Waals surface area contributed by atoms with Crippen LogP contribution in [0.5, 0.6) is 5.75 Å². The molecular formula is C23H27N3O. The molecule has 0 unspecified atom stereocenters. The van der Waals surface area contributed by atoms with E-state index in [1.165, 1.54) is 28.8 Å². The van der Waals surface area contributed by atoms with E-state index in [1.54, 1.807) is 0 Å². The Morgan fingerprint density at radius 1 is 1.11 bits per heavy atom. The third kappa shape index (κ3) is 3.91. The molecule has 0 saturated heterocycles. The fourth-order valence-electron chi connectivity index (χ4n) is 3.71. The molecule has 1 aliphatic heterocycles. The van der Waals surface area contributed by atoms with E-state index >= 15 is 0 Å². The van der Waals surface area contributed by atoms with Crippen LogP contribution in [0.25, 0.3) is 11.3 Å². The van der Waals surface area contributed by atoms with Crippen molar-refractivity contribution in [2.45, 2.75) is 39.8 Å². The van der Waals surface area contributed by atoms with Crippen LogP contribution in [0, 0.1) is 6.92 Å². The van der Waals surface area contributed by atoms with Gasteiger partial charge in [0, 0.05) is 36.3 Å². The van der Waals surface area contributed by atoms with Gasteiger partial charge in [-0.1, -0.05) is 48.9 Å². The molecule has 1 aliphatic rings. The molecule has 3 aromatic rings. The van der Waals surface area contributed by atoms with Crippen molar-refractivity contribution in [3.63, 3.8) is 0 Å². The predicted molar refractivity (Wildman–Crippen MR) is 109 cm³/mol. The quantitative estimate of drug-likeness (QED) is 0.690. The average molecular weight is 361 g/mol. The van der Waals surface area contributed by atoms with Crippen molar-refractivity contribution >= 4 is 0 Å². The minimum absolute atomic E-state index is 0.561. The van der Waals surface area contributed by atoms with Crippen LogP contribution in [0.15, 0.2) is 48.5 Å². The molecule has 2 heterocycles. The number of aryl methyl sites for hydroxylation is 1. The Bertz CT molecular complexity index is 898. The zero-order chi connectivity index (χ0) is 18.6. The molecule has 0 bridgehead atoms. The highest BCUT2D eigenvalue weighted by molar-refractivity contribution is 5.70. The Kier molecular flexibility index (Phi) is 5.26. The van der Waals surface area contributed by atoms with Crippen molar-refractivity contribution in [1.82, 2.24) is 15.1 Å². The van der Waals surface area contributed by atoms with Gasteiger partial charge >= 0.3 is 0 Å². The molecule has 0 aliphatic carbocycles. The number of H-pyrrole nitrogens is 1. The van der Waals surface area contributed by atoms with E-state index in [9.17, 15) is 0 Å². The third-order valence-corrected chi connectivity index (χ3v) is 5.21. The summed E-state index contributed by atoms with van der Waals surface area (Å²) in [6.07, 6.45) is 2.22. The zero-order valence-electron chi connectivity index (χ0n) is 16.2. The summed E-state index contributed by atoms with van der Waals surface area (Å²) in [6.45, 7) is 8.10. The number of para-hydroxylation sites is 1. The van der Waals surface area contributed by atoms with Gasteiger partial charge in [0.05, 0.1) is 0 Å². The van der Waals surface area contributed by atoms with Crippen LogP contribution < -0.4 is 4.74 Å². The largest absolute Gasteiger partial charge is 0.488 e. The van der Waals surface area contributed by atoms with E-state index in [1.807, 2.05) is 12.1 Å². The second-order valence-electron chi connectivity index (χ2n) is 7.33. The fraction of sp³-hybridized carbons (Fsp3) is 0.348. The Labute approximate surface area is 161 Å². The molecule has 0 atom stereocenters. The van der Waals surface area contributed by atoms with Gasteiger partial charge in [0.2, 0.25) is 0 Å². The number of fused-ring (bicyclic) bond motifs is 1. The Hall–Kier alpha value is -2.59. The van der Waals surface area contributed by atoms with Gasteiger partial charge in [-0.25, -0.2) is 0 Å². The SMILES string of the molecule is CCCN1CCc2[nH]nc(-c3ccccc3OCc3ccc(C)cc3)c2C1. The molecular weight excluding hydrogens is 334 g/mol. The van der Waals surface area contributed by atoms with Crippen molar-refractivity contribution < 1.29 is 4.74 Å². The lowest BCUT2D eigenvalue weighted by molar-refractivity contribution is 0.254. The van der Waals surface area contributed by atoms with Crippen LogP contribution in [0.3, 0.4) is 0 Å². The summed E-state index contributed by atoms with van der Waals surface area (Å²) >= 11 is 0. The lowest BCUT2D eigenvalue weighted by Gasteiger charge is -2.26. The first-order valence-electron chi connectivity index (χ1n) is 9.81. The Balaban J connectivity index is 1.58. The highest BCUT2D eigenvalue weighted by Gasteiger charge is 2.23. The second-order valence-corrected chi connectivity index (χ2v) is 7.33. The normalized spacial score (nSPS) is 14.1. The highest BCUT2D eigenvalue weighted by atomic mass is 16.5. The van der Waals surface area contributed by atoms with Gasteiger partial charge in [0.25, 0.3) is 0 Å². The average Bonchev–Trinajstić information content (AvgIpc) is 3.11. The molecule has 1 N–H and O–H groups in total. The Morgan fingerprint density at radius 2 is 1.93 bits per heavy atom. The summed E-state index contributed by atoms with van der Waals surface area (Å²) < 4.78 is 6.18. The van der Waals surface area contributed by atoms with Crippen LogP contribution in [0.4, 0.5) is 0 Å². The van der Waals surface area contributed by atoms with E-state index in [-0.39, 0.29) is 0 Å². The number of hydrogen-bond donors (Lipinski definition) is 1. The number of aromatic amines is 1. The van der Waals surface area contributed by atoms with Crippen LogP contribution in [-0.4, -0.2) is 28.2 Å². The van der Waals surface area contributed by atoms with Gasteiger partial charge in [0.1, 0.15) is 18.1 Å². The summed E-state index contributed by atoms with van der Waals surface area (Å²) in [4.78, 5) is 2.51. The number of aromatic nitrogens is 2. The minimum Gasteiger partial charge on any atom is -0.488 e. The van der Waals surface area contributed by atoms with Crippen LogP contribution in [0.2, 0.25) is 0 Å². The van der Waals surface area contributed by atoms with E-state index in [4.69, 9.17) is 4.74 Å². The zero-order valence-corrected chi connectivity index (χ0v) is 16.2. The van der Waals surface area contributed by atoms with E-state index in [0.29, 0.717) is 6.61 Å². The number of nitrogens with one attached hydrogen (secondary N) is 1. The first-order valence-corrected chi connectivity index (χ1v) is 9.81. The van der Waals surface area contributed by atoms with Crippen LogP contribution in [-0.2, 0) is 19.6 Å². The molecule has 0 saturated carbocycles. The van der Waals surface area contributed by atoms with E-state index in [2.05, 4.69) is 65.3 Å². The fourth-order valence-corrected chi connectivity index (χ4v) is 3.71. The maximum atomic E-state index is 6.18. The summed E-state index contributed by atoms with van der Waals surface area (Å²) in [6, 6.07) is 16.7. The molecule has 140 valence electrons. The molecule has 4 rings (SSSR count). The third-order valence-electron chi connectivity index (χ3n) is 5.21. The summed E-state index contributed by atoms with van der Waals surface area (Å²) in [5, 5.41) is 7.92. The molecule has 1 aromatic heterocycles. The molecule has 2 aromatic carbocycles. The summed E-state index contributed by atoms with van der Waals surface area (Å²) in [7, 11) is 0. The van der Waals surface area contributed by atoms with Gasteiger partial charge in [-0.05, 0) is 37.6 Å². The smallest absolute Gasteiger partial charge is 0.129 e. The maximum Gasteiger partial charge on any atom is 0.129 e. The van der Waals surface area contributed by atoms with Crippen molar-refractivity contribution in [2.75, 3.05) is 13.1 Å². The monoisotopic (exact) mass is 361 g/mol. The van der Waals surface area contributed by atoms with Crippen LogP contribution in [0.1, 0.15) is 35.7 Å². The number of ether oxygens (including phenoxy) is 1. The van der Waals surface area contributed by atoms with Crippen molar-refractivity contribution in [3.05, 3.63) is 70.9 Å². The molecule has 0 fully saturated rings. The number of hydrogen-bond acceptors (Lipinski definition) is 3. The predicted octanol–water partition coefficient (Wildman–Crippen LogP) is 4.73. The molecule has 4 nitrogen and oxygen atoms in total. The summed E-state index contributed by atoms with van der Waals surface area (Å²) in [5.74, 6) is 0.889. The van der Waals surface area contributed by atoms with Gasteiger partial charge < -0.3 is 4.74 Å². The lowest BCUT2D eigenvalue weighted by atomic mass is 10.0. The van der Waals surface area contributed by atoms with Crippen molar-refractivity contribution in [1.29, 1.82) is 0 Å². The number of rotatable bonds is 6. The van der Waals surface area contributed by atoms with Gasteiger partial charge in [-0.2, -0.15) is 5.10 Å². The topological polar surface area (TPSA) is 41.2 Å². The minimum atomic E-state index is 0.561. The maximum absolute atomic E-state index is 6.18. The van der Waals surface area contributed by atoms with E-state index in [0.717, 1.165) is 43.1 Å². The van der Waals surface area contributed by atoms with E-state index < -0.39 is 0 Å². The molecule has 0 spiro atoms. The summed E-state index contributed by atoms with van der Waals surface area (Å²) in [5.41, 5.74) is 7.13. The lowest BCUT2D eigenvalue weighted by Crippen LogP contribution is -2.31. The standard InChI is InChI=1S/C23H27N3O/c1-3-13-26-14-12-21-20(15-26)23(25-24-21)19-6-4-5-7-22(19)27-16-18-10-8-17(2)9-11-18/h4-11H,3,12-16H2,1-2H3,(H,24,25). The number of nitrogens with zero attached hydrogens (tertiary/aromatic N) is 2. The van der Waals surface area contributed by atoms with Crippen molar-refractivity contribution in [2.24, 2.45) is 0 Å². The van der Waals surface area contributed by atoms with Gasteiger partial charge in [0.15, 0.2) is 0 Å².